The molecule has 0 saturated carbocycles. The van der Waals surface area contributed by atoms with Crippen LogP contribution < -0.4 is 4.74 Å². The van der Waals surface area contributed by atoms with E-state index in [0.717, 1.165) is 16.6 Å². The fourth-order valence-electron chi connectivity index (χ4n) is 0.926. The summed E-state index contributed by atoms with van der Waals surface area (Å²) in [4.78, 5) is 0. The molecule has 0 spiro atoms. The molecule has 0 atom stereocenters. The summed E-state index contributed by atoms with van der Waals surface area (Å²) in [6.45, 7) is 2.59. The molecule has 0 heterocycles. The molecule has 12 heavy (non-hydrogen) atoms. The van der Waals surface area contributed by atoms with Gasteiger partial charge in [0.15, 0.2) is 0 Å². The standard InChI is InChI=1S/C9H10BrClO/c1-2-12-8-5-3-4-7(6-10)9(8)11/h3-5H,2,6H2,1H3. The third-order valence-electron chi connectivity index (χ3n) is 1.49. The van der Waals surface area contributed by atoms with Gasteiger partial charge in [-0.3, -0.25) is 0 Å². The van der Waals surface area contributed by atoms with Crippen LogP contribution in [0.1, 0.15) is 12.5 Å². The second-order valence-corrected chi connectivity index (χ2v) is 3.23. The first kappa shape index (κ1) is 9.87. The largest absolute Gasteiger partial charge is 0.492 e. The Morgan fingerprint density at radius 3 is 2.83 bits per heavy atom. The molecule has 0 aliphatic heterocycles. The SMILES string of the molecule is CCOc1cccc(CBr)c1Cl. The summed E-state index contributed by atoms with van der Waals surface area (Å²) >= 11 is 9.39. The van der Waals surface area contributed by atoms with E-state index in [4.69, 9.17) is 16.3 Å². The van der Waals surface area contributed by atoms with Gasteiger partial charge >= 0.3 is 0 Å². The maximum absolute atomic E-state index is 6.03. The van der Waals surface area contributed by atoms with E-state index in [1.165, 1.54) is 0 Å². The molecule has 1 aromatic rings. The van der Waals surface area contributed by atoms with Crippen LogP contribution in [0.4, 0.5) is 0 Å². The topological polar surface area (TPSA) is 9.23 Å². The number of hydrogen-bond acceptors (Lipinski definition) is 1. The highest BCUT2D eigenvalue weighted by molar-refractivity contribution is 9.08. The van der Waals surface area contributed by atoms with Crippen LogP contribution in [0.5, 0.6) is 5.75 Å². The van der Waals surface area contributed by atoms with E-state index < -0.39 is 0 Å². The van der Waals surface area contributed by atoms with Crippen LogP contribution in [0.3, 0.4) is 0 Å². The van der Waals surface area contributed by atoms with Crippen molar-refractivity contribution < 1.29 is 4.74 Å². The highest BCUT2D eigenvalue weighted by Gasteiger charge is 2.04. The lowest BCUT2D eigenvalue weighted by Gasteiger charge is -2.07. The highest BCUT2D eigenvalue weighted by atomic mass is 79.9. The highest BCUT2D eigenvalue weighted by Crippen LogP contribution is 2.29. The maximum atomic E-state index is 6.03. The minimum atomic E-state index is 0.644. The number of benzene rings is 1. The fourth-order valence-corrected chi connectivity index (χ4v) is 1.80. The van der Waals surface area contributed by atoms with Crippen LogP contribution in [0.25, 0.3) is 0 Å². The molecule has 0 unspecified atom stereocenters. The van der Waals surface area contributed by atoms with E-state index in [-0.39, 0.29) is 0 Å². The molecule has 0 aliphatic carbocycles. The van der Waals surface area contributed by atoms with Crippen molar-refractivity contribution in [3.8, 4) is 5.75 Å². The Morgan fingerprint density at radius 1 is 1.50 bits per heavy atom. The van der Waals surface area contributed by atoms with Gasteiger partial charge in [0, 0.05) is 5.33 Å². The zero-order chi connectivity index (χ0) is 8.97. The van der Waals surface area contributed by atoms with Gasteiger partial charge in [-0.05, 0) is 18.6 Å². The summed E-state index contributed by atoms with van der Waals surface area (Å²) in [7, 11) is 0. The van der Waals surface area contributed by atoms with Gasteiger partial charge in [0.2, 0.25) is 0 Å². The fraction of sp³-hybridized carbons (Fsp3) is 0.333. The summed E-state index contributed by atoms with van der Waals surface area (Å²) in [5.74, 6) is 0.760. The number of rotatable bonds is 3. The molecule has 1 nitrogen and oxygen atoms in total. The third kappa shape index (κ3) is 2.14. The second kappa shape index (κ2) is 4.73. The Labute approximate surface area is 85.8 Å². The number of halogens is 2. The van der Waals surface area contributed by atoms with Crippen molar-refractivity contribution in [3.05, 3.63) is 28.8 Å². The van der Waals surface area contributed by atoms with Crippen molar-refractivity contribution >= 4 is 27.5 Å². The Balaban J connectivity index is 2.97. The number of ether oxygens (including phenoxy) is 1. The molecule has 0 radical (unpaired) electrons. The van der Waals surface area contributed by atoms with Crippen LogP contribution in [0.15, 0.2) is 18.2 Å². The minimum absolute atomic E-state index is 0.644. The normalized spacial score (nSPS) is 9.92. The molecule has 0 amide bonds. The van der Waals surface area contributed by atoms with E-state index >= 15 is 0 Å². The van der Waals surface area contributed by atoms with Gasteiger partial charge in [-0.1, -0.05) is 39.7 Å². The first-order valence-corrected chi connectivity index (χ1v) is 5.25. The lowest BCUT2D eigenvalue weighted by molar-refractivity contribution is 0.340. The summed E-state index contributed by atoms with van der Waals surface area (Å²) in [5.41, 5.74) is 1.06. The molecule has 1 aromatic carbocycles. The summed E-state index contributed by atoms with van der Waals surface area (Å²) in [6, 6.07) is 5.78. The van der Waals surface area contributed by atoms with E-state index in [1.54, 1.807) is 0 Å². The van der Waals surface area contributed by atoms with Crippen LogP contribution in [-0.2, 0) is 5.33 Å². The zero-order valence-corrected chi connectivity index (χ0v) is 9.15. The predicted molar refractivity (Wildman–Crippen MR) is 55.3 cm³/mol. The first-order chi connectivity index (χ1) is 5.79. The molecule has 0 N–H and O–H groups in total. The van der Waals surface area contributed by atoms with Gasteiger partial charge in [-0.15, -0.1) is 0 Å². The van der Waals surface area contributed by atoms with Crippen LogP contribution in [0.2, 0.25) is 5.02 Å². The van der Waals surface area contributed by atoms with Crippen molar-refractivity contribution in [1.29, 1.82) is 0 Å². The molecule has 66 valence electrons. The molecule has 0 aromatic heterocycles. The number of hydrogen-bond donors (Lipinski definition) is 0. The van der Waals surface area contributed by atoms with Crippen molar-refractivity contribution in [2.45, 2.75) is 12.3 Å². The Bertz CT molecular complexity index is 263. The Kier molecular flexibility index (Phi) is 3.89. The summed E-state index contributed by atoms with van der Waals surface area (Å²) < 4.78 is 5.33. The van der Waals surface area contributed by atoms with E-state index in [1.807, 2.05) is 25.1 Å². The average Bonchev–Trinajstić information content (AvgIpc) is 2.09. The van der Waals surface area contributed by atoms with Crippen molar-refractivity contribution in [2.24, 2.45) is 0 Å². The van der Waals surface area contributed by atoms with E-state index in [9.17, 15) is 0 Å². The van der Waals surface area contributed by atoms with Gasteiger partial charge < -0.3 is 4.74 Å². The molecule has 0 aliphatic rings. The molecule has 3 heteroatoms. The summed E-state index contributed by atoms with van der Waals surface area (Å²) in [6.07, 6.45) is 0. The molecule has 0 saturated heterocycles. The van der Waals surface area contributed by atoms with Crippen LogP contribution in [0, 0.1) is 0 Å². The van der Waals surface area contributed by atoms with Gasteiger partial charge in [0.05, 0.1) is 11.6 Å². The Morgan fingerprint density at radius 2 is 2.25 bits per heavy atom. The second-order valence-electron chi connectivity index (χ2n) is 2.30. The predicted octanol–water partition coefficient (Wildman–Crippen LogP) is 3.63. The summed E-state index contributed by atoms with van der Waals surface area (Å²) in [5, 5.41) is 1.46. The van der Waals surface area contributed by atoms with Crippen molar-refractivity contribution in [1.82, 2.24) is 0 Å². The lowest BCUT2D eigenvalue weighted by Crippen LogP contribution is -1.93. The Hall–Kier alpha value is -0.210. The first-order valence-electron chi connectivity index (χ1n) is 3.75. The third-order valence-corrected chi connectivity index (χ3v) is 2.52. The van der Waals surface area contributed by atoms with Crippen molar-refractivity contribution in [2.75, 3.05) is 6.61 Å². The molecule has 0 bridgehead atoms. The molecule has 0 fully saturated rings. The van der Waals surface area contributed by atoms with Gasteiger partial charge in [0.25, 0.3) is 0 Å². The van der Waals surface area contributed by atoms with Gasteiger partial charge in [-0.2, -0.15) is 0 Å². The lowest BCUT2D eigenvalue weighted by atomic mass is 10.2. The minimum Gasteiger partial charge on any atom is -0.492 e. The monoisotopic (exact) mass is 248 g/mol. The van der Waals surface area contributed by atoms with Crippen LogP contribution >= 0.6 is 27.5 Å². The van der Waals surface area contributed by atoms with Crippen molar-refractivity contribution in [3.63, 3.8) is 0 Å². The smallest absolute Gasteiger partial charge is 0.138 e. The molecule has 1 rings (SSSR count). The molecular weight excluding hydrogens is 239 g/mol. The quantitative estimate of drug-likeness (QED) is 0.743. The average molecular weight is 250 g/mol. The van der Waals surface area contributed by atoms with Gasteiger partial charge in [0.1, 0.15) is 5.75 Å². The zero-order valence-electron chi connectivity index (χ0n) is 6.81. The van der Waals surface area contributed by atoms with E-state index in [0.29, 0.717) is 11.6 Å². The maximum Gasteiger partial charge on any atom is 0.138 e. The number of alkyl halides is 1. The van der Waals surface area contributed by atoms with Crippen LogP contribution in [-0.4, -0.2) is 6.61 Å². The van der Waals surface area contributed by atoms with Gasteiger partial charge in [-0.25, -0.2) is 0 Å². The molecular formula is C9H10BrClO. The van der Waals surface area contributed by atoms with E-state index in [2.05, 4.69) is 15.9 Å².